The Morgan fingerprint density at radius 3 is 2.56 bits per heavy atom. The van der Waals surface area contributed by atoms with Gasteiger partial charge in [-0.1, -0.05) is 6.92 Å². The van der Waals surface area contributed by atoms with Gasteiger partial charge in [-0.3, -0.25) is 0 Å². The molecule has 0 unspecified atom stereocenters. The molecule has 0 aliphatic carbocycles. The first kappa shape index (κ1) is 8.25. The number of nitrogens with zero attached hydrogens (tertiary/aromatic N) is 2. The van der Waals surface area contributed by atoms with E-state index in [2.05, 4.69) is 6.19 Å². The topological polar surface area (TPSA) is 53.0 Å². The normalized spacial score (nSPS) is 8.56. The van der Waals surface area contributed by atoms with Gasteiger partial charge in [0.05, 0.1) is 0 Å². The van der Waals surface area contributed by atoms with Crippen molar-refractivity contribution in [2.75, 3.05) is 19.6 Å². The van der Waals surface area contributed by atoms with E-state index in [4.69, 9.17) is 11.0 Å². The Morgan fingerprint density at radius 2 is 2.22 bits per heavy atom. The number of hydrogen-bond donors (Lipinski definition) is 1. The summed E-state index contributed by atoms with van der Waals surface area (Å²) in [4.78, 5) is 1.67. The van der Waals surface area contributed by atoms with Crippen molar-refractivity contribution >= 4 is 0 Å². The second-order valence-corrected chi connectivity index (χ2v) is 1.88. The van der Waals surface area contributed by atoms with Crippen LogP contribution in [0, 0.1) is 11.5 Å². The van der Waals surface area contributed by atoms with Crippen LogP contribution in [0.4, 0.5) is 0 Å². The predicted octanol–water partition coefficient (Wildman–Crippen LogP) is 0.138. The largest absolute Gasteiger partial charge is 0.329 e. The molecule has 9 heavy (non-hydrogen) atoms. The maximum atomic E-state index is 8.41. The van der Waals surface area contributed by atoms with E-state index in [9.17, 15) is 0 Å². The van der Waals surface area contributed by atoms with Gasteiger partial charge in [0.2, 0.25) is 0 Å². The van der Waals surface area contributed by atoms with Crippen molar-refractivity contribution in [3.63, 3.8) is 0 Å². The molecule has 0 saturated heterocycles. The summed E-state index contributed by atoms with van der Waals surface area (Å²) in [6, 6.07) is 0. The van der Waals surface area contributed by atoms with Gasteiger partial charge < -0.3 is 10.6 Å². The third kappa shape index (κ3) is 3.80. The van der Waals surface area contributed by atoms with Crippen molar-refractivity contribution in [2.24, 2.45) is 5.73 Å². The molecular formula is C6H13N3. The molecule has 0 spiro atoms. The molecule has 2 N–H and O–H groups in total. The standard InChI is InChI=1S/C6H13N3/c1-2-4-9(6-8)5-3-7/h2-5,7H2,1H3. The van der Waals surface area contributed by atoms with E-state index >= 15 is 0 Å². The SMILES string of the molecule is CCCN(C#N)CCN. The van der Waals surface area contributed by atoms with Gasteiger partial charge in [-0.05, 0) is 6.42 Å². The highest BCUT2D eigenvalue weighted by atomic mass is 15.1. The van der Waals surface area contributed by atoms with E-state index in [-0.39, 0.29) is 0 Å². The lowest BCUT2D eigenvalue weighted by Crippen LogP contribution is -2.25. The highest BCUT2D eigenvalue weighted by Crippen LogP contribution is 1.85. The molecule has 0 fully saturated rings. The second-order valence-electron chi connectivity index (χ2n) is 1.88. The monoisotopic (exact) mass is 127 g/mol. The third-order valence-electron chi connectivity index (χ3n) is 1.03. The molecular weight excluding hydrogens is 114 g/mol. The molecule has 0 amide bonds. The van der Waals surface area contributed by atoms with Crippen LogP contribution in [0.5, 0.6) is 0 Å². The van der Waals surface area contributed by atoms with Crippen molar-refractivity contribution in [2.45, 2.75) is 13.3 Å². The van der Waals surface area contributed by atoms with E-state index in [0.717, 1.165) is 13.0 Å². The fourth-order valence-corrected chi connectivity index (χ4v) is 0.638. The first-order valence-electron chi connectivity index (χ1n) is 3.20. The lowest BCUT2D eigenvalue weighted by molar-refractivity contribution is 0.401. The van der Waals surface area contributed by atoms with Crippen LogP contribution in [0.1, 0.15) is 13.3 Å². The molecule has 0 saturated carbocycles. The fourth-order valence-electron chi connectivity index (χ4n) is 0.638. The zero-order chi connectivity index (χ0) is 7.11. The molecule has 3 nitrogen and oxygen atoms in total. The first-order chi connectivity index (χ1) is 4.35. The number of hydrogen-bond acceptors (Lipinski definition) is 3. The Bertz CT molecular complexity index is 89.0. The summed E-state index contributed by atoms with van der Waals surface area (Å²) < 4.78 is 0. The summed E-state index contributed by atoms with van der Waals surface area (Å²) in [5, 5.41) is 8.41. The molecule has 0 atom stereocenters. The average Bonchev–Trinajstić information content (AvgIpc) is 1.88. The smallest absolute Gasteiger partial charge is 0.179 e. The fraction of sp³-hybridized carbons (Fsp3) is 0.833. The van der Waals surface area contributed by atoms with Crippen molar-refractivity contribution in [3.05, 3.63) is 0 Å². The molecule has 0 aliphatic heterocycles. The average molecular weight is 127 g/mol. The zero-order valence-corrected chi connectivity index (χ0v) is 5.80. The van der Waals surface area contributed by atoms with Crippen LogP contribution in [0.25, 0.3) is 0 Å². The number of nitrogens with two attached hydrogens (primary N) is 1. The Kier molecular flexibility index (Phi) is 4.94. The van der Waals surface area contributed by atoms with Crippen LogP contribution < -0.4 is 5.73 Å². The molecule has 0 aromatic heterocycles. The van der Waals surface area contributed by atoms with Gasteiger partial charge in [-0.15, -0.1) is 0 Å². The lowest BCUT2D eigenvalue weighted by Gasteiger charge is -2.11. The molecule has 0 rings (SSSR count). The quantitative estimate of drug-likeness (QED) is 0.431. The van der Waals surface area contributed by atoms with Crippen LogP contribution >= 0.6 is 0 Å². The Morgan fingerprint density at radius 1 is 1.56 bits per heavy atom. The van der Waals surface area contributed by atoms with E-state index in [1.54, 1.807) is 4.90 Å². The number of rotatable bonds is 4. The Hall–Kier alpha value is -0.750. The van der Waals surface area contributed by atoms with Gasteiger partial charge in [0, 0.05) is 19.6 Å². The van der Waals surface area contributed by atoms with Crippen molar-refractivity contribution in [1.29, 1.82) is 5.26 Å². The highest BCUT2D eigenvalue weighted by Gasteiger charge is 1.94. The van der Waals surface area contributed by atoms with Gasteiger partial charge >= 0.3 is 0 Å². The van der Waals surface area contributed by atoms with Crippen LogP contribution in [0.2, 0.25) is 0 Å². The number of nitriles is 1. The van der Waals surface area contributed by atoms with E-state index in [1.165, 1.54) is 0 Å². The van der Waals surface area contributed by atoms with Crippen LogP contribution in [0.3, 0.4) is 0 Å². The third-order valence-corrected chi connectivity index (χ3v) is 1.03. The summed E-state index contributed by atoms with van der Waals surface area (Å²) >= 11 is 0. The van der Waals surface area contributed by atoms with Crippen molar-refractivity contribution in [3.8, 4) is 6.19 Å². The summed E-state index contributed by atoms with van der Waals surface area (Å²) in [6.45, 7) is 4.12. The molecule has 0 aromatic rings. The van der Waals surface area contributed by atoms with Crippen LogP contribution in [-0.2, 0) is 0 Å². The van der Waals surface area contributed by atoms with Gasteiger partial charge in [-0.2, -0.15) is 5.26 Å². The molecule has 0 bridgehead atoms. The second kappa shape index (κ2) is 5.39. The van der Waals surface area contributed by atoms with Gasteiger partial charge in [0.15, 0.2) is 6.19 Å². The molecule has 52 valence electrons. The lowest BCUT2D eigenvalue weighted by atomic mass is 10.4. The van der Waals surface area contributed by atoms with Crippen LogP contribution in [0.15, 0.2) is 0 Å². The first-order valence-corrected chi connectivity index (χ1v) is 3.20. The van der Waals surface area contributed by atoms with Gasteiger partial charge in [0.1, 0.15) is 0 Å². The molecule has 0 aromatic carbocycles. The molecule has 3 heteroatoms. The Labute approximate surface area is 56.1 Å². The van der Waals surface area contributed by atoms with Crippen molar-refractivity contribution in [1.82, 2.24) is 4.90 Å². The van der Waals surface area contributed by atoms with Gasteiger partial charge in [0.25, 0.3) is 0 Å². The minimum absolute atomic E-state index is 0.563. The summed E-state index contributed by atoms with van der Waals surface area (Å²) in [6.07, 6.45) is 3.06. The van der Waals surface area contributed by atoms with E-state index < -0.39 is 0 Å². The minimum Gasteiger partial charge on any atom is -0.329 e. The predicted molar refractivity (Wildman–Crippen MR) is 36.5 cm³/mol. The highest BCUT2D eigenvalue weighted by molar-refractivity contribution is 4.72. The van der Waals surface area contributed by atoms with Crippen molar-refractivity contribution < 1.29 is 0 Å². The maximum Gasteiger partial charge on any atom is 0.179 e. The van der Waals surface area contributed by atoms with E-state index in [0.29, 0.717) is 13.1 Å². The molecule has 0 radical (unpaired) electrons. The maximum absolute atomic E-state index is 8.41. The zero-order valence-electron chi connectivity index (χ0n) is 5.80. The Balaban J connectivity index is 3.32. The van der Waals surface area contributed by atoms with Gasteiger partial charge in [-0.25, -0.2) is 0 Å². The summed E-state index contributed by atoms with van der Waals surface area (Å²) in [5.74, 6) is 0. The van der Waals surface area contributed by atoms with Crippen LogP contribution in [-0.4, -0.2) is 24.5 Å². The summed E-state index contributed by atoms with van der Waals surface area (Å²) in [5.41, 5.74) is 5.24. The molecule has 0 heterocycles. The summed E-state index contributed by atoms with van der Waals surface area (Å²) in [7, 11) is 0. The van der Waals surface area contributed by atoms with E-state index in [1.807, 2.05) is 6.92 Å². The minimum atomic E-state index is 0.563. The molecule has 0 aliphatic rings.